The number of aliphatic hydroxyl groups excluding tert-OH is 1. The van der Waals surface area contributed by atoms with Crippen molar-refractivity contribution >= 4 is 11.5 Å². The minimum absolute atomic E-state index is 0.00832. The molecule has 0 radical (unpaired) electrons. The Morgan fingerprint density at radius 2 is 1.71 bits per heavy atom. The number of ketones is 1. The molecule has 0 heterocycles. The number of unbranched alkanes of at least 4 members (excludes halogenated alkanes) is 2. The van der Waals surface area contributed by atoms with Crippen LogP contribution in [-0.4, -0.2) is 43.9 Å². The highest BCUT2D eigenvalue weighted by Crippen LogP contribution is 2.16. The topological polar surface area (TPSA) is 81.8 Å². The third-order valence-electron chi connectivity index (χ3n) is 3.58. The number of hydrogen-bond acceptors (Lipinski definition) is 5. The summed E-state index contributed by atoms with van der Waals surface area (Å²) in [5, 5.41) is 8.60. The molecule has 0 aromatic heterocycles. The molecule has 0 fully saturated rings. The molecule has 5 heteroatoms. The molecule has 0 bridgehead atoms. The number of ether oxygens (including phenoxy) is 2. The molecule has 0 saturated carbocycles. The van der Waals surface area contributed by atoms with Crippen LogP contribution in [0, 0.1) is 0 Å². The molecule has 1 aromatic rings. The van der Waals surface area contributed by atoms with E-state index in [0.717, 1.165) is 24.8 Å². The summed E-state index contributed by atoms with van der Waals surface area (Å²) in [6.07, 6.45) is 4.12. The van der Waals surface area contributed by atoms with Gasteiger partial charge in [-0.15, -0.1) is 0 Å². The lowest BCUT2D eigenvalue weighted by atomic mass is 10.0. The van der Waals surface area contributed by atoms with Crippen molar-refractivity contribution in [3.05, 3.63) is 42.0 Å². The molecule has 0 aliphatic heterocycles. The van der Waals surface area contributed by atoms with Gasteiger partial charge in [-0.05, 0) is 32.2 Å². The van der Waals surface area contributed by atoms with E-state index in [4.69, 9.17) is 20.3 Å². The van der Waals surface area contributed by atoms with Gasteiger partial charge >= 0.3 is 0 Å². The molecular weight excluding hydrogens is 306 g/mol. The van der Waals surface area contributed by atoms with Crippen molar-refractivity contribution in [1.82, 2.24) is 0 Å². The fourth-order valence-corrected chi connectivity index (χ4v) is 2.19. The van der Waals surface area contributed by atoms with Gasteiger partial charge in [-0.3, -0.25) is 4.79 Å². The van der Waals surface area contributed by atoms with Crippen LogP contribution in [-0.2, 0) is 9.47 Å². The fraction of sp³-hybridized carbons (Fsp3) is 0.526. The van der Waals surface area contributed by atoms with Crippen molar-refractivity contribution in [1.29, 1.82) is 0 Å². The second-order valence-corrected chi connectivity index (χ2v) is 5.56. The molecule has 134 valence electrons. The second kappa shape index (κ2) is 12.7. The molecule has 5 nitrogen and oxygen atoms in total. The number of Topliss-reactive ketones (excluding diaryl/α,β-unsaturated/α-hetero) is 1. The van der Waals surface area contributed by atoms with Crippen LogP contribution >= 0.6 is 0 Å². The van der Waals surface area contributed by atoms with Gasteiger partial charge in [0.05, 0.1) is 19.8 Å². The Hall–Kier alpha value is -1.69. The first-order valence-electron chi connectivity index (χ1n) is 8.53. The molecule has 1 aromatic carbocycles. The van der Waals surface area contributed by atoms with E-state index in [-0.39, 0.29) is 12.4 Å². The predicted molar refractivity (Wildman–Crippen MR) is 95.8 cm³/mol. The van der Waals surface area contributed by atoms with Crippen LogP contribution < -0.4 is 5.73 Å². The number of hydrogen-bond donors (Lipinski definition) is 2. The lowest BCUT2D eigenvalue weighted by Gasteiger charge is -2.10. The molecule has 3 N–H and O–H groups in total. The minimum Gasteiger partial charge on any atom is -0.494 e. The van der Waals surface area contributed by atoms with Crippen LogP contribution in [0.4, 0.5) is 0 Å². The molecule has 24 heavy (non-hydrogen) atoms. The minimum atomic E-state index is 0.00832. The third-order valence-corrected chi connectivity index (χ3v) is 3.58. The summed E-state index contributed by atoms with van der Waals surface area (Å²) >= 11 is 0. The Morgan fingerprint density at radius 1 is 1.00 bits per heavy atom. The molecule has 0 unspecified atom stereocenters. The van der Waals surface area contributed by atoms with Crippen molar-refractivity contribution < 1.29 is 19.4 Å². The number of aliphatic hydroxyl groups is 1. The van der Waals surface area contributed by atoms with E-state index in [1.165, 1.54) is 0 Å². The second-order valence-electron chi connectivity index (χ2n) is 5.56. The summed E-state index contributed by atoms with van der Waals surface area (Å²) in [6.45, 7) is 6.08. The van der Waals surface area contributed by atoms with Crippen molar-refractivity contribution in [2.45, 2.75) is 32.1 Å². The number of benzene rings is 1. The van der Waals surface area contributed by atoms with E-state index < -0.39 is 0 Å². The van der Waals surface area contributed by atoms with Crippen LogP contribution in [0.1, 0.15) is 48.0 Å². The average molecular weight is 335 g/mol. The Kier molecular flexibility index (Phi) is 10.8. The van der Waals surface area contributed by atoms with Gasteiger partial charge in [0.15, 0.2) is 5.78 Å². The van der Waals surface area contributed by atoms with Crippen molar-refractivity contribution in [2.75, 3.05) is 33.0 Å². The first kappa shape index (κ1) is 20.4. The zero-order valence-electron chi connectivity index (χ0n) is 14.3. The van der Waals surface area contributed by atoms with E-state index in [1.807, 2.05) is 12.1 Å². The molecule has 0 spiro atoms. The number of carbonyl (C=O) groups is 1. The molecular formula is C19H29NO4. The standard InChI is InChI=1S/C19H29NO4/c1-16(24-14-4-2-3-11-20)17-7-9-18(10-8-17)19(22)6-5-13-23-15-12-21/h7-10,21H,1-6,11-15,20H2. The van der Waals surface area contributed by atoms with Crippen molar-refractivity contribution in [3.8, 4) is 0 Å². The smallest absolute Gasteiger partial charge is 0.162 e. The molecule has 0 aliphatic carbocycles. The first-order valence-corrected chi connectivity index (χ1v) is 8.53. The lowest BCUT2D eigenvalue weighted by molar-refractivity contribution is 0.0832. The van der Waals surface area contributed by atoms with Crippen LogP contribution in [0.25, 0.3) is 5.76 Å². The van der Waals surface area contributed by atoms with Gasteiger partial charge in [0, 0.05) is 24.2 Å². The van der Waals surface area contributed by atoms with Crippen LogP contribution in [0.15, 0.2) is 30.8 Å². The van der Waals surface area contributed by atoms with Crippen LogP contribution in [0.3, 0.4) is 0 Å². The van der Waals surface area contributed by atoms with E-state index in [0.29, 0.717) is 50.5 Å². The van der Waals surface area contributed by atoms with Gasteiger partial charge in [-0.2, -0.15) is 0 Å². The quantitative estimate of drug-likeness (QED) is 0.310. The van der Waals surface area contributed by atoms with Crippen molar-refractivity contribution in [3.63, 3.8) is 0 Å². The highest BCUT2D eigenvalue weighted by molar-refractivity contribution is 5.96. The number of rotatable bonds is 14. The van der Waals surface area contributed by atoms with Gasteiger partial charge in [0.2, 0.25) is 0 Å². The number of carbonyl (C=O) groups excluding carboxylic acids is 1. The van der Waals surface area contributed by atoms with Crippen LogP contribution in [0.2, 0.25) is 0 Å². The third kappa shape index (κ3) is 8.24. The van der Waals surface area contributed by atoms with Gasteiger partial charge in [0.1, 0.15) is 5.76 Å². The Labute approximate surface area is 144 Å². The summed E-state index contributed by atoms with van der Waals surface area (Å²) in [5.41, 5.74) is 7.01. The predicted octanol–water partition coefficient (Wildman–Crippen LogP) is 2.77. The molecule has 0 amide bonds. The average Bonchev–Trinajstić information content (AvgIpc) is 2.61. The maximum absolute atomic E-state index is 12.1. The SMILES string of the molecule is C=C(OCCCCCN)c1ccc(C(=O)CCCOCCO)cc1. The number of nitrogens with two attached hydrogens (primary N) is 1. The van der Waals surface area contributed by atoms with Gasteiger partial charge in [-0.25, -0.2) is 0 Å². The van der Waals surface area contributed by atoms with E-state index in [1.54, 1.807) is 12.1 Å². The summed E-state index contributed by atoms with van der Waals surface area (Å²) in [7, 11) is 0. The maximum Gasteiger partial charge on any atom is 0.162 e. The largest absolute Gasteiger partial charge is 0.494 e. The molecule has 0 saturated heterocycles. The summed E-state index contributed by atoms with van der Waals surface area (Å²) in [5.74, 6) is 0.710. The summed E-state index contributed by atoms with van der Waals surface area (Å²) in [4.78, 5) is 12.1. The highest BCUT2D eigenvalue weighted by atomic mass is 16.5. The first-order chi connectivity index (χ1) is 11.7. The zero-order chi connectivity index (χ0) is 17.6. The summed E-state index contributed by atoms with van der Waals surface area (Å²) < 4.78 is 10.8. The highest BCUT2D eigenvalue weighted by Gasteiger charge is 2.07. The normalized spacial score (nSPS) is 10.6. The van der Waals surface area contributed by atoms with E-state index in [9.17, 15) is 4.79 Å². The Bertz CT molecular complexity index is 440. The molecule has 0 atom stereocenters. The van der Waals surface area contributed by atoms with Crippen molar-refractivity contribution in [2.24, 2.45) is 5.73 Å². The van der Waals surface area contributed by atoms with E-state index >= 15 is 0 Å². The van der Waals surface area contributed by atoms with Crippen LogP contribution in [0.5, 0.6) is 0 Å². The maximum atomic E-state index is 12.1. The molecule has 0 aliphatic rings. The lowest BCUT2D eigenvalue weighted by Crippen LogP contribution is -2.05. The fourth-order valence-electron chi connectivity index (χ4n) is 2.19. The van der Waals surface area contributed by atoms with Gasteiger partial charge < -0.3 is 20.3 Å². The van der Waals surface area contributed by atoms with Gasteiger partial charge in [0.25, 0.3) is 0 Å². The Balaban J connectivity index is 2.33. The monoisotopic (exact) mass is 335 g/mol. The Morgan fingerprint density at radius 3 is 2.38 bits per heavy atom. The van der Waals surface area contributed by atoms with Gasteiger partial charge in [-0.1, -0.05) is 30.8 Å². The summed E-state index contributed by atoms with van der Waals surface area (Å²) in [6, 6.07) is 7.32. The molecule has 1 rings (SSSR count). The van der Waals surface area contributed by atoms with E-state index in [2.05, 4.69) is 6.58 Å². The zero-order valence-corrected chi connectivity index (χ0v) is 14.3.